The Balaban J connectivity index is -0.000000116. The van der Waals surface area contributed by atoms with Gasteiger partial charge in [0.1, 0.15) is 12.1 Å². The SMILES string of the molecule is N[C@@H](CC(=O)O)C(=O)O.N[C@H](CC(=O)O)C(=O)O.[Zn].[Zn]. The van der Waals surface area contributed by atoms with Crippen LogP contribution in [0.1, 0.15) is 12.8 Å². The van der Waals surface area contributed by atoms with E-state index in [-0.39, 0.29) is 39.0 Å². The molecule has 0 unspecified atom stereocenters. The molecule has 108 valence electrons. The smallest absolute Gasteiger partial charge is 0.321 e. The molecule has 0 rings (SSSR count). The zero-order chi connectivity index (χ0) is 14.9. The molecule has 0 aliphatic heterocycles. The minimum absolute atomic E-state index is 0. The summed E-state index contributed by atoms with van der Waals surface area (Å²) in [5, 5.41) is 32.1. The van der Waals surface area contributed by atoms with Gasteiger partial charge in [0.25, 0.3) is 0 Å². The molecule has 0 fully saturated rings. The molecular formula is C8H14N2O8Zn2. The van der Waals surface area contributed by atoms with Gasteiger partial charge in [-0.25, -0.2) is 0 Å². The van der Waals surface area contributed by atoms with Crippen LogP contribution in [0, 0.1) is 0 Å². The number of rotatable bonds is 6. The fraction of sp³-hybridized carbons (Fsp3) is 0.500. The van der Waals surface area contributed by atoms with E-state index in [0.29, 0.717) is 0 Å². The van der Waals surface area contributed by atoms with Crippen LogP contribution >= 0.6 is 0 Å². The number of hydrogen-bond donors (Lipinski definition) is 6. The van der Waals surface area contributed by atoms with E-state index in [4.69, 9.17) is 31.9 Å². The number of carbonyl (C=O) groups is 4. The molecule has 0 aromatic heterocycles. The van der Waals surface area contributed by atoms with E-state index in [2.05, 4.69) is 0 Å². The maximum atomic E-state index is 9.85. The van der Waals surface area contributed by atoms with Gasteiger partial charge in [0.2, 0.25) is 0 Å². The maximum absolute atomic E-state index is 9.85. The Hall–Kier alpha value is -0.953. The minimum atomic E-state index is -1.29. The molecule has 0 saturated carbocycles. The second kappa shape index (κ2) is 14.5. The molecule has 20 heavy (non-hydrogen) atoms. The van der Waals surface area contributed by atoms with E-state index >= 15 is 0 Å². The molecular weight excluding hydrogens is 383 g/mol. The number of nitrogens with two attached hydrogens (primary N) is 2. The molecule has 12 heteroatoms. The van der Waals surface area contributed by atoms with Gasteiger partial charge in [0, 0.05) is 39.0 Å². The van der Waals surface area contributed by atoms with Crippen LogP contribution in [-0.4, -0.2) is 56.4 Å². The Kier molecular flexibility index (Phi) is 19.8. The van der Waals surface area contributed by atoms with Crippen molar-refractivity contribution in [3.63, 3.8) is 0 Å². The molecule has 0 aliphatic rings. The first kappa shape index (κ1) is 27.4. The minimum Gasteiger partial charge on any atom is -0.481 e. The third-order valence-electron chi connectivity index (χ3n) is 1.42. The van der Waals surface area contributed by atoms with E-state index in [9.17, 15) is 19.2 Å². The van der Waals surface area contributed by atoms with Gasteiger partial charge in [-0.2, -0.15) is 0 Å². The van der Waals surface area contributed by atoms with Crippen LogP contribution in [0.15, 0.2) is 0 Å². The summed E-state index contributed by atoms with van der Waals surface area (Å²) in [7, 11) is 0. The van der Waals surface area contributed by atoms with Gasteiger partial charge < -0.3 is 31.9 Å². The second-order valence-corrected chi connectivity index (χ2v) is 3.09. The zero-order valence-electron chi connectivity index (χ0n) is 10.6. The van der Waals surface area contributed by atoms with Crippen molar-refractivity contribution >= 4 is 23.9 Å². The van der Waals surface area contributed by atoms with Gasteiger partial charge in [0.05, 0.1) is 12.8 Å². The zero-order valence-corrected chi connectivity index (χ0v) is 16.5. The number of carboxylic acid groups (broad SMARTS) is 4. The summed E-state index contributed by atoms with van der Waals surface area (Å²) in [6.45, 7) is 0. The molecule has 0 bridgehead atoms. The quantitative estimate of drug-likeness (QED) is 0.266. The summed E-state index contributed by atoms with van der Waals surface area (Å²) in [6.07, 6.45) is -1.06. The third-order valence-corrected chi connectivity index (χ3v) is 1.42. The first-order valence-corrected chi connectivity index (χ1v) is 4.48. The Bertz CT molecular complexity index is 306. The van der Waals surface area contributed by atoms with E-state index in [1.807, 2.05) is 0 Å². The number of aliphatic carboxylic acids is 4. The van der Waals surface area contributed by atoms with Crippen LogP contribution < -0.4 is 11.5 Å². The van der Waals surface area contributed by atoms with Crippen molar-refractivity contribution < 1.29 is 78.6 Å². The Labute approximate surface area is 139 Å². The largest absolute Gasteiger partial charge is 0.481 e. The van der Waals surface area contributed by atoms with Crippen LogP contribution in [0.4, 0.5) is 0 Å². The predicted octanol–water partition coefficient (Wildman–Crippen LogP) is -2.26. The van der Waals surface area contributed by atoms with Crippen LogP contribution in [0.2, 0.25) is 0 Å². The molecule has 8 N–H and O–H groups in total. The van der Waals surface area contributed by atoms with Crippen LogP contribution in [0.3, 0.4) is 0 Å². The van der Waals surface area contributed by atoms with Gasteiger partial charge in [-0.1, -0.05) is 0 Å². The first-order valence-electron chi connectivity index (χ1n) is 4.48. The summed E-state index contributed by atoms with van der Waals surface area (Å²) in [6, 6.07) is -2.58. The Morgan fingerprint density at radius 2 is 0.900 bits per heavy atom. The van der Waals surface area contributed by atoms with Crippen molar-refractivity contribution in [2.24, 2.45) is 11.5 Å². The predicted molar refractivity (Wildman–Crippen MR) is 55.7 cm³/mol. The van der Waals surface area contributed by atoms with Crippen molar-refractivity contribution in [3.8, 4) is 0 Å². The van der Waals surface area contributed by atoms with Crippen molar-refractivity contribution in [2.75, 3.05) is 0 Å². The number of hydrogen-bond acceptors (Lipinski definition) is 6. The summed E-state index contributed by atoms with van der Waals surface area (Å²) >= 11 is 0. The van der Waals surface area contributed by atoms with Crippen molar-refractivity contribution in [1.29, 1.82) is 0 Å². The first-order chi connectivity index (χ1) is 8.07. The molecule has 0 aromatic rings. The Morgan fingerprint density at radius 3 is 0.950 bits per heavy atom. The van der Waals surface area contributed by atoms with Gasteiger partial charge in [0.15, 0.2) is 0 Å². The van der Waals surface area contributed by atoms with Crippen molar-refractivity contribution in [3.05, 3.63) is 0 Å². The fourth-order valence-corrected chi connectivity index (χ4v) is 0.551. The molecule has 10 nitrogen and oxygen atoms in total. The van der Waals surface area contributed by atoms with Gasteiger partial charge in [-0.15, -0.1) is 0 Å². The van der Waals surface area contributed by atoms with E-state index < -0.39 is 48.8 Å². The van der Waals surface area contributed by atoms with Crippen molar-refractivity contribution in [2.45, 2.75) is 24.9 Å². The Morgan fingerprint density at radius 1 is 0.700 bits per heavy atom. The van der Waals surface area contributed by atoms with Crippen LogP contribution in [0.25, 0.3) is 0 Å². The van der Waals surface area contributed by atoms with Gasteiger partial charge in [-0.3, -0.25) is 19.2 Å². The summed E-state index contributed by atoms with van der Waals surface area (Å²) in [4.78, 5) is 39.2. The van der Waals surface area contributed by atoms with Crippen LogP contribution in [-0.2, 0) is 58.1 Å². The second-order valence-electron chi connectivity index (χ2n) is 3.09. The van der Waals surface area contributed by atoms with Gasteiger partial charge in [-0.05, 0) is 0 Å². The maximum Gasteiger partial charge on any atom is 0.321 e. The van der Waals surface area contributed by atoms with Crippen molar-refractivity contribution in [1.82, 2.24) is 0 Å². The number of carboxylic acids is 4. The molecule has 0 amide bonds. The topological polar surface area (TPSA) is 201 Å². The van der Waals surface area contributed by atoms with E-state index in [1.165, 1.54) is 0 Å². The molecule has 0 spiro atoms. The standard InChI is InChI=1S/2C4H7NO4.2Zn/c2*5-2(4(8)9)1-3(6)7;;/h2*2H,1,5H2,(H,6,7)(H,8,9);;/t2*2-;;/m10../s1. The molecule has 0 aromatic carbocycles. The molecule has 0 aliphatic carbocycles. The third kappa shape index (κ3) is 19.4. The van der Waals surface area contributed by atoms with Crippen LogP contribution in [0.5, 0.6) is 0 Å². The van der Waals surface area contributed by atoms with E-state index in [1.54, 1.807) is 0 Å². The molecule has 2 atom stereocenters. The summed E-state index contributed by atoms with van der Waals surface area (Å²) < 4.78 is 0. The molecule has 0 heterocycles. The normalized spacial score (nSPS) is 11.3. The summed E-state index contributed by atoms with van der Waals surface area (Å²) in [5.74, 6) is -5.00. The fourth-order valence-electron chi connectivity index (χ4n) is 0.551. The summed E-state index contributed by atoms with van der Waals surface area (Å²) in [5.41, 5.74) is 9.67. The molecule has 0 radical (unpaired) electrons. The van der Waals surface area contributed by atoms with E-state index in [0.717, 1.165) is 0 Å². The molecule has 0 saturated heterocycles. The van der Waals surface area contributed by atoms with Gasteiger partial charge >= 0.3 is 23.9 Å². The average Bonchev–Trinajstić information content (AvgIpc) is 2.16. The monoisotopic (exact) mass is 394 g/mol. The average molecular weight is 397 g/mol.